The molecule has 5 heteroatoms. The van der Waals surface area contributed by atoms with E-state index in [0.29, 0.717) is 15.6 Å². The summed E-state index contributed by atoms with van der Waals surface area (Å²) in [5, 5.41) is 2.67. The second-order valence-corrected chi connectivity index (χ2v) is 8.84. The van der Waals surface area contributed by atoms with E-state index in [0.717, 1.165) is 0 Å². The first kappa shape index (κ1) is 15.4. The first-order chi connectivity index (χ1) is 9.24. The molecule has 2 unspecified atom stereocenters. The van der Waals surface area contributed by atoms with E-state index < -0.39 is 0 Å². The fourth-order valence-corrected chi connectivity index (χ4v) is 6.24. The molecule has 0 bridgehead atoms. The molecule has 0 saturated heterocycles. The molecule has 0 fully saturated rings. The second kappa shape index (κ2) is 8.29. The van der Waals surface area contributed by atoms with E-state index in [1.165, 1.54) is 45.1 Å². The van der Waals surface area contributed by atoms with Crippen molar-refractivity contribution in [2.45, 2.75) is 13.8 Å². The summed E-state index contributed by atoms with van der Waals surface area (Å²) in [5.74, 6) is 0. The summed E-state index contributed by atoms with van der Waals surface area (Å²) >= 11 is 3.07. The Labute approximate surface area is 126 Å². The number of rotatable bonds is 6. The van der Waals surface area contributed by atoms with Gasteiger partial charge in [0, 0.05) is 38.9 Å². The molecule has 0 aromatic heterocycles. The molecule has 2 aromatic rings. The summed E-state index contributed by atoms with van der Waals surface area (Å²) < 4.78 is 5.58. The standard InChI is InChI=1S/C14H16OP2S2/c1-11-5-3-7-13(9-11)16-18-15-19-17-14-8-4-6-12(2)10-14/h3-10,16-17H,1-2H3. The Kier molecular flexibility index (Phi) is 6.70. The molecule has 0 aliphatic carbocycles. The van der Waals surface area contributed by atoms with Crippen LogP contribution in [0.15, 0.2) is 48.5 Å². The Bertz CT molecular complexity index is 487. The molecule has 0 N–H and O–H groups in total. The van der Waals surface area contributed by atoms with Crippen LogP contribution < -0.4 is 10.6 Å². The van der Waals surface area contributed by atoms with Crippen molar-refractivity contribution < 1.29 is 3.63 Å². The van der Waals surface area contributed by atoms with Gasteiger partial charge in [0.05, 0.1) is 0 Å². The van der Waals surface area contributed by atoms with Crippen LogP contribution in [0.2, 0.25) is 0 Å². The van der Waals surface area contributed by atoms with Crippen LogP contribution in [0.1, 0.15) is 11.1 Å². The highest BCUT2D eigenvalue weighted by molar-refractivity contribution is 8.57. The summed E-state index contributed by atoms with van der Waals surface area (Å²) in [6, 6.07) is 17.1. The van der Waals surface area contributed by atoms with Crippen LogP contribution in [0.5, 0.6) is 0 Å². The molecule has 0 radical (unpaired) electrons. The van der Waals surface area contributed by atoms with Gasteiger partial charge in [-0.15, -0.1) is 0 Å². The Morgan fingerprint density at radius 1 is 0.789 bits per heavy atom. The summed E-state index contributed by atoms with van der Waals surface area (Å²) in [5.41, 5.74) is 2.61. The molecular weight excluding hydrogens is 310 g/mol. The van der Waals surface area contributed by atoms with E-state index in [1.807, 2.05) is 0 Å². The molecule has 1 nitrogen and oxygen atoms in total. The maximum atomic E-state index is 5.58. The Hall–Kier alpha value is -0.0400. The zero-order valence-corrected chi connectivity index (χ0v) is 14.5. The molecule has 0 heterocycles. The van der Waals surface area contributed by atoms with Gasteiger partial charge < -0.3 is 0 Å². The first-order valence-electron chi connectivity index (χ1n) is 5.88. The predicted octanol–water partition coefficient (Wildman–Crippen LogP) is 4.75. The van der Waals surface area contributed by atoms with Crippen molar-refractivity contribution in [3.05, 3.63) is 59.7 Å². The molecule has 0 amide bonds. The van der Waals surface area contributed by atoms with Crippen LogP contribution in [-0.2, 0) is 3.63 Å². The monoisotopic (exact) mass is 326 g/mol. The average Bonchev–Trinajstić information content (AvgIpc) is 2.38. The van der Waals surface area contributed by atoms with Crippen LogP contribution in [0.4, 0.5) is 0 Å². The van der Waals surface area contributed by atoms with E-state index in [9.17, 15) is 0 Å². The van der Waals surface area contributed by atoms with E-state index in [-0.39, 0.29) is 0 Å². The molecular formula is C14H16OP2S2. The minimum absolute atomic E-state index is 0.644. The largest absolute Gasteiger partial charge is 0.238 e. The lowest BCUT2D eigenvalue weighted by Crippen LogP contribution is -1.92. The summed E-state index contributed by atoms with van der Waals surface area (Å²) in [4.78, 5) is 0. The van der Waals surface area contributed by atoms with Gasteiger partial charge in [0.25, 0.3) is 0 Å². The van der Waals surface area contributed by atoms with Gasteiger partial charge in [-0.05, 0) is 24.5 Å². The van der Waals surface area contributed by atoms with Gasteiger partial charge in [0.15, 0.2) is 0 Å². The highest BCUT2D eigenvalue weighted by Crippen LogP contribution is 2.40. The van der Waals surface area contributed by atoms with E-state index in [2.05, 4.69) is 62.4 Å². The highest BCUT2D eigenvalue weighted by atomic mass is 32.8. The van der Waals surface area contributed by atoms with Gasteiger partial charge in [0.2, 0.25) is 0 Å². The van der Waals surface area contributed by atoms with E-state index in [4.69, 9.17) is 3.63 Å². The fourth-order valence-electron chi connectivity index (χ4n) is 1.56. The lowest BCUT2D eigenvalue weighted by atomic mass is 10.2. The van der Waals surface area contributed by atoms with Crippen molar-refractivity contribution in [1.29, 1.82) is 0 Å². The minimum Gasteiger partial charge on any atom is -0.238 e. The third-order valence-electron chi connectivity index (χ3n) is 2.42. The maximum absolute atomic E-state index is 5.58. The van der Waals surface area contributed by atoms with Crippen molar-refractivity contribution in [2.24, 2.45) is 0 Å². The third-order valence-corrected chi connectivity index (χ3v) is 7.37. The molecule has 0 saturated carbocycles. The molecule has 19 heavy (non-hydrogen) atoms. The maximum Gasteiger partial charge on any atom is 0.0356 e. The molecule has 2 aromatic carbocycles. The van der Waals surface area contributed by atoms with Crippen molar-refractivity contribution >= 4 is 49.5 Å². The van der Waals surface area contributed by atoms with Crippen LogP contribution >= 0.6 is 38.9 Å². The van der Waals surface area contributed by atoms with E-state index in [1.54, 1.807) is 0 Å². The molecule has 0 spiro atoms. The Morgan fingerprint density at radius 2 is 1.26 bits per heavy atom. The number of aryl methyl sites for hydroxylation is 2. The van der Waals surface area contributed by atoms with Crippen molar-refractivity contribution in [3.63, 3.8) is 0 Å². The normalized spacial score (nSPS) is 11.9. The molecule has 0 aliphatic rings. The smallest absolute Gasteiger partial charge is 0.0356 e. The lowest BCUT2D eigenvalue weighted by Gasteiger charge is -2.03. The average molecular weight is 326 g/mol. The van der Waals surface area contributed by atoms with E-state index >= 15 is 0 Å². The molecule has 100 valence electrons. The lowest BCUT2D eigenvalue weighted by molar-refractivity contribution is 0.784. The van der Waals surface area contributed by atoms with Gasteiger partial charge in [-0.1, -0.05) is 59.7 Å². The van der Waals surface area contributed by atoms with Gasteiger partial charge in [-0.2, -0.15) is 0 Å². The van der Waals surface area contributed by atoms with Gasteiger partial charge in [-0.25, -0.2) is 3.63 Å². The summed E-state index contributed by atoms with van der Waals surface area (Å²) in [7, 11) is 1.29. The van der Waals surface area contributed by atoms with Crippen LogP contribution in [0, 0.1) is 13.8 Å². The third kappa shape index (κ3) is 5.85. The van der Waals surface area contributed by atoms with Gasteiger partial charge in [-0.3, -0.25) is 0 Å². The second-order valence-electron chi connectivity index (χ2n) is 4.18. The van der Waals surface area contributed by atoms with Crippen LogP contribution in [-0.4, -0.2) is 0 Å². The van der Waals surface area contributed by atoms with Crippen molar-refractivity contribution in [2.75, 3.05) is 0 Å². The zero-order chi connectivity index (χ0) is 13.5. The fraction of sp³-hybridized carbons (Fsp3) is 0.143. The van der Waals surface area contributed by atoms with Crippen molar-refractivity contribution in [1.82, 2.24) is 0 Å². The number of hydrogen-bond acceptors (Lipinski definition) is 3. The Balaban J connectivity index is 1.67. The first-order valence-corrected chi connectivity index (χ1v) is 10.8. The summed E-state index contributed by atoms with van der Waals surface area (Å²) in [6.07, 6.45) is 0. The highest BCUT2D eigenvalue weighted by Gasteiger charge is 1.98. The molecule has 2 atom stereocenters. The zero-order valence-electron chi connectivity index (χ0n) is 10.8. The number of hydrogen-bond donors (Lipinski definition) is 0. The summed E-state index contributed by atoms with van der Waals surface area (Å²) in [6.45, 7) is 4.24. The topological polar surface area (TPSA) is 9.23 Å². The van der Waals surface area contributed by atoms with Gasteiger partial charge >= 0.3 is 0 Å². The number of benzene rings is 2. The molecule has 2 rings (SSSR count). The Morgan fingerprint density at radius 3 is 1.68 bits per heavy atom. The quantitative estimate of drug-likeness (QED) is 0.430. The van der Waals surface area contributed by atoms with Crippen molar-refractivity contribution in [3.8, 4) is 0 Å². The SMILES string of the molecule is Cc1cccc(PSOSPc2cccc(C)c2)c1. The predicted molar refractivity (Wildman–Crippen MR) is 94.5 cm³/mol. The van der Waals surface area contributed by atoms with Crippen LogP contribution in [0.25, 0.3) is 0 Å². The minimum atomic E-state index is 0.644. The molecule has 0 aliphatic heterocycles. The van der Waals surface area contributed by atoms with Crippen LogP contribution in [0.3, 0.4) is 0 Å². The van der Waals surface area contributed by atoms with Gasteiger partial charge in [0.1, 0.15) is 0 Å².